The summed E-state index contributed by atoms with van der Waals surface area (Å²) in [5, 5.41) is 5.90. The Labute approximate surface area is 175 Å². The molecule has 1 fully saturated rings. The molecular formula is C20H26N4O5S. The van der Waals surface area contributed by atoms with E-state index in [0.29, 0.717) is 43.3 Å². The summed E-state index contributed by atoms with van der Waals surface area (Å²) in [5.41, 5.74) is 0.449. The zero-order valence-corrected chi connectivity index (χ0v) is 18.1. The van der Waals surface area contributed by atoms with Crippen LogP contribution in [0.25, 0.3) is 0 Å². The van der Waals surface area contributed by atoms with Gasteiger partial charge in [0, 0.05) is 37.8 Å². The van der Waals surface area contributed by atoms with E-state index in [9.17, 15) is 18.0 Å². The van der Waals surface area contributed by atoms with Crippen LogP contribution in [-0.4, -0.2) is 73.2 Å². The largest absolute Gasteiger partial charge is 0.360 e. The van der Waals surface area contributed by atoms with Gasteiger partial charge in [-0.05, 0) is 45.0 Å². The van der Waals surface area contributed by atoms with Crippen molar-refractivity contribution in [1.82, 2.24) is 15.0 Å². The number of aryl methyl sites for hydroxylation is 1. The minimum atomic E-state index is -3.36. The molecule has 0 unspecified atom stereocenters. The summed E-state index contributed by atoms with van der Waals surface area (Å²) in [7, 11) is -3.36. The molecule has 2 aromatic rings. The first-order valence-corrected chi connectivity index (χ1v) is 11.3. The molecule has 1 saturated heterocycles. The van der Waals surface area contributed by atoms with Crippen molar-refractivity contribution in [1.29, 1.82) is 0 Å². The fourth-order valence-electron chi connectivity index (χ4n) is 3.16. The Morgan fingerprint density at radius 3 is 2.30 bits per heavy atom. The average Bonchev–Trinajstić information content (AvgIpc) is 3.12. The Bertz CT molecular complexity index is 1010. The van der Waals surface area contributed by atoms with Gasteiger partial charge in [-0.15, -0.1) is 0 Å². The Hall–Kier alpha value is -2.72. The second-order valence-electron chi connectivity index (χ2n) is 7.56. The van der Waals surface area contributed by atoms with E-state index >= 15 is 0 Å². The van der Waals surface area contributed by atoms with Crippen LogP contribution in [0.15, 0.2) is 39.8 Å². The number of anilines is 1. The van der Waals surface area contributed by atoms with E-state index in [-0.39, 0.29) is 23.3 Å². The summed E-state index contributed by atoms with van der Waals surface area (Å²) in [4.78, 5) is 28.7. The maximum atomic E-state index is 12.7. The van der Waals surface area contributed by atoms with Crippen LogP contribution < -0.4 is 5.32 Å². The Balaban J connectivity index is 1.52. The highest BCUT2D eigenvalue weighted by Crippen LogP contribution is 2.18. The number of amides is 2. The summed E-state index contributed by atoms with van der Waals surface area (Å²) in [5.74, 6) is 0.664. The Morgan fingerprint density at radius 1 is 1.13 bits per heavy atom. The van der Waals surface area contributed by atoms with E-state index in [1.54, 1.807) is 43.9 Å². The molecule has 0 bridgehead atoms. The number of piperazine rings is 1. The SMILES string of the molecule is Cc1cc(NC(=O)CN2CCN(C(=O)c3ccc(S(=O)(=O)C(C)C)cc3)CC2)no1. The molecule has 1 N–H and O–H groups in total. The minimum absolute atomic E-state index is 0.148. The molecule has 1 aliphatic heterocycles. The third kappa shape index (κ3) is 5.06. The molecule has 0 aliphatic carbocycles. The number of hydrogen-bond donors (Lipinski definition) is 1. The Kier molecular flexibility index (Phi) is 6.57. The first kappa shape index (κ1) is 22.0. The summed E-state index contributed by atoms with van der Waals surface area (Å²) >= 11 is 0. The predicted octanol–water partition coefficient (Wildman–Crippen LogP) is 1.56. The lowest BCUT2D eigenvalue weighted by atomic mass is 10.2. The van der Waals surface area contributed by atoms with E-state index in [0.717, 1.165) is 0 Å². The van der Waals surface area contributed by atoms with Crippen molar-refractivity contribution in [2.24, 2.45) is 0 Å². The van der Waals surface area contributed by atoms with Crippen LogP contribution in [0.1, 0.15) is 30.0 Å². The van der Waals surface area contributed by atoms with Crippen molar-refractivity contribution in [3.63, 3.8) is 0 Å². The molecule has 0 spiro atoms. The number of nitrogens with one attached hydrogen (secondary N) is 1. The quantitative estimate of drug-likeness (QED) is 0.734. The highest BCUT2D eigenvalue weighted by Gasteiger charge is 2.24. The number of benzene rings is 1. The number of sulfone groups is 1. The van der Waals surface area contributed by atoms with Gasteiger partial charge in [-0.2, -0.15) is 0 Å². The van der Waals surface area contributed by atoms with Gasteiger partial charge in [0.25, 0.3) is 5.91 Å². The van der Waals surface area contributed by atoms with Crippen LogP contribution in [-0.2, 0) is 14.6 Å². The second-order valence-corrected chi connectivity index (χ2v) is 10.1. The summed E-state index contributed by atoms with van der Waals surface area (Å²) in [6.07, 6.45) is 0. The minimum Gasteiger partial charge on any atom is -0.360 e. The van der Waals surface area contributed by atoms with E-state index in [1.165, 1.54) is 12.1 Å². The first-order valence-electron chi connectivity index (χ1n) is 9.75. The molecule has 1 aliphatic rings. The fraction of sp³-hybridized carbons (Fsp3) is 0.450. The first-order chi connectivity index (χ1) is 14.2. The fourth-order valence-corrected chi connectivity index (χ4v) is 4.22. The molecule has 1 aromatic heterocycles. The van der Waals surface area contributed by atoms with E-state index in [4.69, 9.17) is 4.52 Å². The molecule has 0 radical (unpaired) electrons. The van der Waals surface area contributed by atoms with Gasteiger partial charge >= 0.3 is 0 Å². The molecule has 162 valence electrons. The zero-order valence-electron chi connectivity index (χ0n) is 17.3. The van der Waals surface area contributed by atoms with E-state index in [2.05, 4.69) is 10.5 Å². The zero-order chi connectivity index (χ0) is 21.9. The topological polar surface area (TPSA) is 113 Å². The highest BCUT2D eigenvalue weighted by atomic mass is 32.2. The summed E-state index contributed by atoms with van der Waals surface area (Å²) < 4.78 is 29.3. The molecule has 3 rings (SSSR count). The summed E-state index contributed by atoms with van der Waals surface area (Å²) in [6.45, 7) is 7.31. The summed E-state index contributed by atoms with van der Waals surface area (Å²) in [6, 6.07) is 7.71. The number of aromatic nitrogens is 1. The predicted molar refractivity (Wildman–Crippen MR) is 111 cm³/mol. The van der Waals surface area contributed by atoms with Gasteiger partial charge in [-0.25, -0.2) is 8.42 Å². The van der Waals surface area contributed by atoms with Crippen LogP contribution in [0.2, 0.25) is 0 Å². The van der Waals surface area contributed by atoms with Gasteiger partial charge in [0.15, 0.2) is 15.7 Å². The lowest BCUT2D eigenvalue weighted by Gasteiger charge is -2.34. The lowest BCUT2D eigenvalue weighted by Crippen LogP contribution is -2.50. The molecule has 30 heavy (non-hydrogen) atoms. The molecule has 0 saturated carbocycles. The average molecular weight is 435 g/mol. The van der Waals surface area contributed by atoms with Crippen LogP contribution in [0.4, 0.5) is 5.82 Å². The molecule has 10 heteroatoms. The highest BCUT2D eigenvalue weighted by molar-refractivity contribution is 7.92. The molecule has 2 heterocycles. The van der Waals surface area contributed by atoms with E-state index in [1.807, 2.05) is 4.90 Å². The van der Waals surface area contributed by atoms with Crippen LogP contribution in [0.3, 0.4) is 0 Å². The third-order valence-electron chi connectivity index (χ3n) is 4.97. The molecule has 9 nitrogen and oxygen atoms in total. The molecule has 0 atom stereocenters. The van der Waals surface area contributed by atoms with Gasteiger partial charge in [-0.1, -0.05) is 5.16 Å². The molecule has 2 amide bonds. The van der Waals surface area contributed by atoms with Crippen LogP contribution >= 0.6 is 0 Å². The van der Waals surface area contributed by atoms with Gasteiger partial charge in [0.2, 0.25) is 5.91 Å². The van der Waals surface area contributed by atoms with Crippen LogP contribution in [0.5, 0.6) is 0 Å². The number of hydrogen-bond acceptors (Lipinski definition) is 7. The number of nitrogens with zero attached hydrogens (tertiary/aromatic N) is 3. The van der Waals surface area contributed by atoms with Crippen LogP contribution in [0, 0.1) is 6.92 Å². The van der Waals surface area contributed by atoms with Gasteiger partial charge in [0.05, 0.1) is 16.7 Å². The van der Waals surface area contributed by atoms with Crippen molar-refractivity contribution in [2.75, 3.05) is 38.0 Å². The van der Waals surface area contributed by atoms with Crippen molar-refractivity contribution in [3.05, 3.63) is 41.7 Å². The maximum absolute atomic E-state index is 12.7. The molecule has 1 aromatic carbocycles. The number of carbonyl (C=O) groups excluding carboxylic acids is 2. The van der Waals surface area contributed by atoms with E-state index < -0.39 is 15.1 Å². The van der Waals surface area contributed by atoms with Crippen molar-refractivity contribution >= 4 is 27.5 Å². The van der Waals surface area contributed by atoms with Crippen molar-refractivity contribution in [2.45, 2.75) is 30.9 Å². The van der Waals surface area contributed by atoms with Gasteiger partial charge in [-0.3, -0.25) is 14.5 Å². The van der Waals surface area contributed by atoms with Gasteiger partial charge in [0.1, 0.15) is 5.76 Å². The number of carbonyl (C=O) groups is 2. The molecular weight excluding hydrogens is 408 g/mol. The van der Waals surface area contributed by atoms with Gasteiger partial charge < -0.3 is 14.7 Å². The normalized spacial score (nSPS) is 15.4. The second kappa shape index (κ2) is 8.97. The monoisotopic (exact) mass is 434 g/mol. The third-order valence-corrected chi connectivity index (χ3v) is 7.14. The Morgan fingerprint density at radius 2 is 1.77 bits per heavy atom. The smallest absolute Gasteiger partial charge is 0.253 e. The van der Waals surface area contributed by atoms with Crippen molar-refractivity contribution < 1.29 is 22.5 Å². The number of rotatable bonds is 6. The maximum Gasteiger partial charge on any atom is 0.253 e. The standard InChI is InChI=1S/C20H26N4O5S/c1-14(2)30(27,28)17-6-4-16(5-7-17)20(26)24-10-8-23(9-11-24)13-19(25)21-18-12-15(3)29-22-18/h4-7,12,14H,8-11,13H2,1-3H3,(H,21,22,25). The lowest BCUT2D eigenvalue weighted by molar-refractivity contribution is -0.117. The van der Waals surface area contributed by atoms with Crippen molar-refractivity contribution in [3.8, 4) is 0 Å².